The highest BCUT2D eigenvalue weighted by Crippen LogP contribution is 2.23. The van der Waals surface area contributed by atoms with Crippen LogP contribution >= 0.6 is 0 Å². The number of halogens is 1. The van der Waals surface area contributed by atoms with E-state index >= 15 is 0 Å². The maximum absolute atomic E-state index is 13.4. The molecule has 1 aromatic carbocycles. The quantitative estimate of drug-likeness (QED) is 0.854. The molecular weight excluding hydrogens is 253 g/mol. The van der Waals surface area contributed by atoms with Gasteiger partial charge < -0.3 is 19.9 Å². The van der Waals surface area contributed by atoms with Gasteiger partial charge in [-0.3, -0.25) is 0 Å². The average Bonchev–Trinajstić information content (AvgIpc) is 2.85. The van der Waals surface area contributed by atoms with E-state index in [2.05, 4.69) is 5.32 Å². The van der Waals surface area contributed by atoms with Crippen LogP contribution in [0.4, 0.5) is 10.1 Å². The molecule has 1 saturated heterocycles. The molecule has 104 valence electrons. The zero-order chi connectivity index (χ0) is 13.8. The number of carboxylic acids is 1. The third kappa shape index (κ3) is 3.35. The lowest BCUT2D eigenvalue weighted by Gasteiger charge is -2.13. The molecule has 2 unspecified atom stereocenters. The van der Waals surface area contributed by atoms with Crippen LogP contribution in [0.1, 0.15) is 12.8 Å². The maximum atomic E-state index is 13.4. The summed E-state index contributed by atoms with van der Waals surface area (Å²) in [6.07, 6.45) is 0.312. The van der Waals surface area contributed by atoms with Crippen molar-refractivity contribution in [1.29, 1.82) is 0 Å². The molecule has 2 N–H and O–H groups in total. The molecule has 2 rings (SSSR count). The zero-order valence-corrected chi connectivity index (χ0v) is 10.6. The van der Waals surface area contributed by atoms with E-state index in [-0.39, 0.29) is 11.9 Å². The van der Waals surface area contributed by atoms with E-state index in [1.165, 1.54) is 19.2 Å². The van der Waals surface area contributed by atoms with Gasteiger partial charge in [-0.1, -0.05) is 0 Å². The minimum Gasteiger partial charge on any atom is -0.494 e. The van der Waals surface area contributed by atoms with Gasteiger partial charge in [0, 0.05) is 18.3 Å². The number of aliphatic carboxylic acids is 1. The number of carboxylic acid groups (broad SMARTS) is 1. The van der Waals surface area contributed by atoms with Crippen LogP contribution in [0.5, 0.6) is 5.75 Å². The summed E-state index contributed by atoms with van der Waals surface area (Å²) in [6, 6.07) is 4.57. The summed E-state index contributed by atoms with van der Waals surface area (Å²) in [7, 11) is 1.41. The zero-order valence-electron chi connectivity index (χ0n) is 10.6. The number of hydrogen-bond donors (Lipinski definition) is 2. The molecule has 0 saturated carbocycles. The van der Waals surface area contributed by atoms with Gasteiger partial charge in [-0.25, -0.2) is 9.18 Å². The number of rotatable bonds is 5. The summed E-state index contributed by atoms with van der Waals surface area (Å²) >= 11 is 0. The van der Waals surface area contributed by atoms with Crippen LogP contribution in [0.15, 0.2) is 18.2 Å². The minimum atomic E-state index is -0.932. The molecule has 0 aromatic heterocycles. The van der Waals surface area contributed by atoms with Gasteiger partial charge in [-0.05, 0) is 25.0 Å². The number of anilines is 1. The Hall–Kier alpha value is -1.82. The van der Waals surface area contributed by atoms with E-state index in [0.717, 1.165) is 0 Å². The fraction of sp³-hybridized carbons (Fsp3) is 0.462. The van der Waals surface area contributed by atoms with Crippen LogP contribution in [-0.2, 0) is 9.53 Å². The van der Waals surface area contributed by atoms with Crippen molar-refractivity contribution in [2.45, 2.75) is 25.0 Å². The molecule has 1 heterocycles. The molecule has 19 heavy (non-hydrogen) atoms. The second kappa shape index (κ2) is 5.88. The summed E-state index contributed by atoms with van der Waals surface area (Å²) < 4.78 is 23.6. The second-order valence-electron chi connectivity index (χ2n) is 4.39. The van der Waals surface area contributed by atoms with E-state index in [1.54, 1.807) is 6.07 Å². The van der Waals surface area contributed by atoms with E-state index in [0.29, 0.717) is 25.1 Å². The van der Waals surface area contributed by atoms with Crippen LogP contribution < -0.4 is 10.1 Å². The number of nitrogens with one attached hydrogen (secondary N) is 1. The Labute approximate surface area is 110 Å². The van der Waals surface area contributed by atoms with Crippen molar-refractivity contribution in [3.63, 3.8) is 0 Å². The maximum Gasteiger partial charge on any atom is 0.332 e. The van der Waals surface area contributed by atoms with Crippen molar-refractivity contribution in [1.82, 2.24) is 0 Å². The molecule has 0 radical (unpaired) electrons. The standard InChI is InChI=1S/C13H16FNO4/c1-18-11-4-2-8(6-10(11)14)15-7-9-3-5-12(19-9)13(16)17/h2,4,6,9,12,15H,3,5,7H2,1H3,(H,16,17). The molecule has 5 nitrogen and oxygen atoms in total. The number of methoxy groups -OCH3 is 1. The summed E-state index contributed by atoms with van der Waals surface area (Å²) in [6.45, 7) is 0.454. The molecule has 1 aromatic rings. The fourth-order valence-electron chi connectivity index (χ4n) is 2.05. The van der Waals surface area contributed by atoms with Crippen molar-refractivity contribution in [3.05, 3.63) is 24.0 Å². The molecule has 6 heteroatoms. The summed E-state index contributed by atoms with van der Waals surface area (Å²) in [4.78, 5) is 10.7. The normalized spacial score (nSPS) is 22.2. The Bertz CT molecular complexity index is 466. The van der Waals surface area contributed by atoms with Gasteiger partial charge in [0.05, 0.1) is 13.2 Å². The van der Waals surface area contributed by atoms with E-state index in [9.17, 15) is 9.18 Å². The van der Waals surface area contributed by atoms with Crippen molar-refractivity contribution in [3.8, 4) is 5.75 Å². The first-order valence-electron chi connectivity index (χ1n) is 6.06. The summed E-state index contributed by atoms with van der Waals surface area (Å²) in [5.41, 5.74) is 0.612. The highest BCUT2D eigenvalue weighted by Gasteiger charge is 2.30. The Balaban J connectivity index is 1.86. The Morgan fingerprint density at radius 1 is 1.58 bits per heavy atom. The van der Waals surface area contributed by atoms with Crippen molar-refractivity contribution in [2.75, 3.05) is 19.0 Å². The Morgan fingerprint density at radius 3 is 2.95 bits per heavy atom. The van der Waals surface area contributed by atoms with E-state index in [4.69, 9.17) is 14.6 Å². The molecular formula is C13H16FNO4. The van der Waals surface area contributed by atoms with Gasteiger partial charge in [-0.2, -0.15) is 0 Å². The van der Waals surface area contributed by atoms with Crippen LogP contribution in [0, 0.1) is 5.82 Å². The lowest BCUT2D eigenvalue weighted by molar-refractivity contribution is -0.149. The Morgan fingerprint density at radius 2 is 2.37 bits per heavy atom. The molecule has 0 spiro atoms. The van der Waals surface area contributed by atoms with Gasteiger partial charge >= 0.3 is 5.97 Å². The monoisotopic (exact) mass is 269 g/mol. The summed E-state index contributed by atoms with van der Waals surface area (Å²) in [5.74, 6) is -1.19. The second-order valence-corrected chi connectivity index (χ2v) is 4.39. The van der Waals surface area contributed by atoms with Crippen LogP contribution in [0.2, 0.25) is 0 Å². The molecule has 1 fully saturated rings. The molecule has 0 aliphatic carbocycles. The predicted octanol–water partition coefficient (Wildman–Crippen LogP) is 1.88. The molecule has 0 amide bonds. The lowest BCUT2D eigenvalue weighted by atomic mass is 10.2. The van der Waals surface area contributed by atoms with Crippen LogP contribution in [0.25, 0.3) is 0 Å². The first-order valence-corrected chi connectivity index (χ1v) is 6.06. The molecule has 2 atom stereocenters. The van der Waals surface area contributed by atoms with Gasteiger partial charge in [0.2, 0.25) is 0 Å². The smallest absolute Gasteiger partial charge is 0.332 e. The van der Waals surface area contributed by atoms with Gasteiger partial charge in [0.25, 0.3) is 0 Å². The first-order chi connectivity index (χ1) is 9.10. The molecule has 1 aliphatic rings. The topological polar surface area (TPSA) is 67.8 Å². The number of ether oxygens (including phenoxy) is 2. The SMILES string of the molecule is COc1ccc(NCC2CCC(C(=O)O)O2)cc1F. The van der Waals surface area contributed by atoms with Gasteiger partial charge in [-0.15, -0.1) is 0 Å². The highest BCUT2D eigenvalue weighted by molar-refractivity contribution is 5.72. The van der Waals surface area contributed by atoms with E-state index < -0.39 is 17.9 Å². The fourth-order valence-corrected chi connectivity index (χ4v) is 2.05. The summed E-state index contributed by atoms with van der Waals surface area (Å²) in [5, 5.41) is 11.8. The highest BCUT2D eigenvalue weighted by atomic mass is 19.1. The third-order valence-corrected chi connectivity index (χ3v) is 3.07. The molecule has 1 aliphatic heterocycles. The number of benzene rings is 1. The number of carbonyl (C=O) groups is 1. The van der Waals surface area contributed by atoms with Gasteiger partial charge in [0.1, 0.15) is 0 Å². The largest absolute Gasteiger partial charge is 0.494 e. The molecule has 0 bridgehead atoms. The van der Waals surface area contributed by atoms with Crippen LogP contribution in [-0.4, -0.2) is 36.9 Å². The minimum absolute atomic E-state index is 0.161. The predicted molar refractivity (Wildman–Crippen MR) is 67.0 cm³/mol. The van der Waals surface area contributed by atoms with Crippen molar-refractivity contribution in [2.24, 2.45) is 0 Å². The number of hydrogen-bond acceptors (Lipinski definition) is 4. The van der Waals surface area contributed by atoms with E-state index in [1.807, 2.05) is 0 Å². The Kier molecular flexibility index (Phi) is 4.21. The van der Waals surface area contributed by atoms with Crippen molar-refractivity contribution < 1.29 is 23.8 Å². The van der Waals surface area contributed by atoms with Gasteiger partial charge in [0.15, 0.2) is 17.7 Å². The third-order valence-electron chi connectivity index (χ3n) is 3.07. The lowest BCUT2D eigenvalue weighted by Crippen LogP contribution is -2.24. The average molecular weight is 269 g/mol. The van der Waals surface area contributed by atoms with Crippen molar-refractivity contribution >= 4 is 11.7 Å². The van der Waals surface area contributed by atoms with Crippen LogP contribution in [0.3, 0.4) is 0 Å². The first kappa shape index (κ1) is 13.6.